The number of hydrogen-bond acceptors (Lipinski definition) is 5. The largest absolute Gasteiger partial charge is 0.495 e. The first-order chi connectivity index (χ1) is 17.4. The SMILES string of the molecule is COc1ccccc1NC(=O)C1=C(C)Nc2nc(-c3ccccc3Cl)nn2C1c1cccc(Cl)c1Cl. The number of amides is 1. The highest BCUT2D eigenvalue weighted by Gasteiger charge is 2.36. The van der Waals surface area contributed by atoms with Crippen molar-refractivity contribution in [2.45, 2.75) is 13.0 Å². The summed E-state index contributed by atoms with van der Waals surface area (Å²) in [6, 6.07) is 19.0. The lowest BCUT2D eigenvalue weighted by atomic mass is 9.95. The van der Waals surface area contributed by atoms with Crippen molar-refractivity contribution >= 4 is 52.3 Å². The predicted octanol–water partition coefficient (Wildman–Crippen LogP) is 6.84. The molecule has 7 nitrogen and oxygen atoms in total. The van der Waals surface area contributed by atoms with Gasteiger partial charge in [-0.2, -0.15) is 4.98 Å². The number of methoxy groups -OCH3 is 1. The van der Waals surface area contributed by atoms with E-state index >= 15 is 0 Å². The molecule has 0 radical (unpaired) electrons. The molecule has 2 N–H and O–H groups in total. The fraction of sp³-hybridized carbons (Fsp3) is 0.115. The molecule has 1 unspecified atom stereocenters. The number of ether oxygens (including phenoxy) is 1. The van der Waals surface area contributed by atoms with Crippen molar-refractivity contribution in [3.63, 3.8) is 0 Å². The Kier molecular flexibility index (Phi) is 6.62. The minimum Gasteiger partial charge on any atom is -0.495 e. The fourth-order valence-corrected chi connectivity index (χ4v) is 4.79. The van der Waals surface area contributed by atoms with Crippen LogP contribution >= 0.6 is 34.8 Å². The first-order valence-electron chi connectivity index (χ1n) is 11.0. The third kappa shape index (κ3) is 4.30. The highest BCUT2D eigenvalue weighted by atomic mass is 35.5. The van der Waals surface area contributed by atoms with Gasteiger partial charge in [-0.15, -0.1) is 5.10 Å². The minimum absolute atomic E-state index is 0.321. The zero-order valence-electron chi connectivity index (χ0n) is 19.2. The number of allylic oxidation sites excluding steroid dienone is 1. The standard InChI is InChI=1S/C26H20Cl3N5O2/c1-14-21(25(35)31-19-12-5-6-13-20(19)36-2)23(16-9-7-11-18(28)22(16)29)34-26(30-14)32-24(33-34)15-8-3-4-10-17(15)27/h3-13,23H,1-2H3,(H,31,35)(H,30,32,33). The second-order valence-electron chi connectivity index (χ2n) is 8.05. The van der Waals surface area contributed by atoms with Crippen molar-refractivity contribution in [3.05, 3.63) is 98.6 Å². The van der Waals surface area contributed by atoms with Gasteiger partial charge in [0.05, 0.1) is 33.4 Å². The summed E-state index contributed by atoms with van der Waals surface area (Å²) in [5, 5.41) is 12.1. The molecule has 0 spiro atoms. The zero-order chi connectivity index (χ0) is 25.4. The number of nitrogens with zero attached hydrogens (tertiary/aromatic N) is 3. The summed E-state index contributed by atoms with van der Waals surface area (Å²) in [5.41, 5.74) is 2.79. The van der Waals surface area contributed by atoms with Crippen molar-refractivity contribution in [2.24, 2.45) is 0 Å². The number of fused-ring (bicyclic) bond motifs is 1. The molecular formula is C26H20Cl3N5O2. The molecule has 0 saturated heterocycles. The van der Waals surface area contributed by atoms with Crippen molar-refractivity contribution in [2.75, 3.05) is 17.7 Å². The highest BCUT2D eigenvalue weighted by molar-refractivity contribution is 6.42. The number of benzene rings is 3. The quantitative estimate of drug-likeness (QED) is 0.290. The number of hydrogen-bond donors (Lipinski definition) is 2. The zero-order valence-corrected chi connectivity index (χ0v) is 21.5. The second kappa shape index (κ2) is 9.85. The molecule has 1 atom stereocenters. The lowest BCUT2D eigenvalue weighted by molar-refractivity contribution is -0.113. The summed E-state index contributed by atoms with van der Waals surface area (Å²) < 4.78 is 7.03. The van der Waals surface area contributed by atoms with Crippen LogP contribution in [0.5, 0.6) is 5.75 Å². The van der Waals surface area contributed by atoms with Gasteiger partial charge in [-0.1, -0.05) is 71.2 Å². The maximum atomic E-state index is 13.7. The topological polar surface area (TPSA) is 81.1 Å². The molecule has 0 bridgehead atoms. The molecule has 0 fully saturated rings. The molecule has 0 saturated carbocycles. The van der Waals surface area contributed by atoms with Gasteiger partial charge in [0, 0.05) is 16.8 Å². The van der Waals surface area contributed by atoms with Crippen LogP contribution in [0.2, 0.25) is 15.1 Å². The van der Waals surface area contributed by atoms with E-state index in [4.69, 9.17) is 44.6 Å². The molecule has 1 aromatic heterocycles. The maximum Gasteiger partial charge on any atom is 0.255 e. The van der Waals surface area contributed by atoms with Crippen LogP contribution in [0, 0.1) is 0 Å². The van der Waals surface area contributed by atoms with E-state index in [2.05, 4.69) is 15.6 Å². The van der Waals surface area contributed by atoms with Gasteiger partial charge in [0.2, 0.25) is 5.95 Å². The van der Waals surface area contributed by atoms with Crippen LogP contribution in [0.3, 0.4) is 0 Å². The van der Waals surface area contributed by atoms with Crippen molar-refractivity contribution in [1.82, 2.24) is 14.8 Å². The Labute approximate surface area is 222 Å². The van der Waals surface area contributed by atoms with Crippen molar-refractivity contribution in [3.8, 4) is 17.1 Å². The molecule has 182 valence electrons. The van der Waals surface area contributed by atoms with Crippen LogP contribution in [-0.2, 0) is 4.79 Å². The summed E-state index contributed by atoms with van der Waals surface area (Å²) in [5.74, 6) is 1.03. The Morgan fingerprint density at radius 3 is 2.50 bits per heavy atom. The number of aromatic nitrogens is 3. The van der Waals surface area contributed by atoms with Crippen LogP contribution in [0.1, 0.15) is 18.5 Å². The summed E-state index contributed by atoms with van der Waals surface area (Å²) >= 11 is 19.4. The summed E-state index contributed by atoms with van der Waals surface area (Å²) in [4.78, 5) is 18.4. The Hall–Kier alpha value is -3.52. The summed E-state index contributed by atoms with van der Waals surface area (Å²) in [7, 11) is 1.55. The Morgan fingerprint density at radius 2 is 1.72 bits per heavy atom. The van der Waals surface area contributed by atoms with E-state index in [9.17, 15) is 4.79 Å². The fourth-order valence-electron chi connectivity index (χ4n) is 4.16. The monoisotopic (exact) mass is 539 g/mol. The van der Waals surface area contributed by atoms with E-state index in [-0.39, 0.29) is 5.91 Å². The average Bonchev–Trinajstić information content (AvgIpc) is 3.29. The molecule has 36 heavy (non-hydrogen) atoms. The molecule has 1 amide bonds. The van der Waals surface area contributed by atoms with Crippen LogP contribution < -0.4 is 15.4 Å². The highest BCUT2D eigenvalue weighted by Crippen LogP contribution is 2.42. The number of carbonyl (C=O) groups excluding carboxylic acids is 1. The third-order valence-corrected chi connectivity index (χ3v) is 7.01. The number of carbonyl (C=O) groups is 1. The van der Waals surface area contributed by atoms with Gasteiger partial charge in [0.25, 0.3) is 5.91 Å². The van der Waals surface area contributed by atoms with Gasteiger partial charge in [0.1, 0.15) is 11.8 Å². The van der Waals surface area contributed by atoms with E-state index in [0.717, 1.165) is 0 Å². The van der Waals surface area contributed by atoms with E-state index in [0.29, 0.717) is 60.7 Å². The molecule has 4 aromatic rings. The van der Waals surface area contributed by atoms with Crippen LogP contribution in [0.25, 0.3) is 11.4 Å². The van der Waals surface area contributed by atoms with E-state index < -0.39 is 6.04 Å². The molecule has 3 aromatic carbocycles. The number of rotatable bonds is 5. The number of nitrogens with one attached hydrogen (secondary N) is 2. The smallest absolute Gasteiger partial charge is 0.255 e. The minimum atomic E-state index is -0.717. The first-order valence-corrected chi connectivity index (χ1v) is 12.1. The molecule has 2 heterocycles. The van der Waals surface area contributed by atoms with Gasteiger partial charge in [0.15, 0.2) is 5.82 Å². The van der Waals surface area contributed by atoms with E-state index in [1.54, 1.807) is 49.0 Å². The van der Waals surface area contributed by atoms with Gasteiger partial charge >= 0.3 is 0 Å². The van der Waals surface area contributed by atoms with Gasteiger partial charge < -0.3 is 15.4 Å². The van der Waals surface area contributed by atoms with E-state index in [1.165, 1.54) is 0 Å². The first kappa shape index (κ1) is 24.2. The Balaban J connectivity index is 1.65. The Morgan fingerprint density at radius 1 is 1.00 bits per heavy atom. The van der Waals surface area contributed by atoms with Gasteiger partial charge in [-0.05, 0) is 37.3 Å². The van der Waals surface area contributed by atoms with Crippen LogP contribution in [0.15, 0.2) is 78.0 Å². The van der Waals surface area contributed by atoms with Gasteiger partial charge in [-0.25, -0.2) is 4.68 Å². The molecule has 0 aliphatic carbocycles. The third-order valence-electron chi connectivity index (χ3n) is 5.84. The molecule has 10 heteroatoms. The number of para-hydroxylation sites is 2. The van der Waals surface area contributed by atoms with Crippen LogP contribution in [0.4, 0.5) is 11.6 Å². The second-order valence-corrected chi connectivity index (χ2v) is 9.24. The molecule has 5 rings (SSSR count). The molecule has 1 aliphatic heterocycles. The van der Waals surface area contributed by atoms with Crippen LogP contribution in [-0.4, -0.2) is 27.8 Å². The van der Waals surface area contributed by atoms with E-state index in [1.807, 2.05) is 36.4 Å². The maximum absolute atomic E-state index is 13.7. The van der Waals surface area contributed by atoms with Gasteiger partial charge in [-0.3, -0.25) is 4.79 Å². The number of anilines is 2. The number of halogens is 3. The molecule has 1 aliphatic rings. The average molecular weight is 541 g/mol. The summed E-state index contributed by atoms with van der Waals surface area (Å²) in [6.07, 6.45) is 0. The summed E-state index contributed by atoms with van der Waals surface area (Å²) in [6.45, 7) is 1.80. The molecular weight excluding hydrogens is 521 g/mol. The lowest BCUT2D eigenvalue weighted by Gasteiger charge is -2.29. The Bertz CT molecular complexity index is 1520. The lowest BCUT2D eigenvalue weighted by Crippen LogP contribution is -2.31. The normalized spacial score (nSPS) is 14.8. The van der Waals surface area contributed by atoms with Crippen molar-refractivity contribution in [1.29, 1.82) is 0 Å². The van der Waals surface area contributed by atoms with Crippen molar-refractivity contribution < 1.29 is 9.53 Å². The predicted molar refractivity (Wildman–Crippen MR) is 143 cm³/mol.